The molecular formula is C20H19ClN2O5S2. The van der Waals surface area contributed by atoms with Crippen molar-refractivity contribution in [3.8, 4) is 11.1 Å². The van der Waals surface area contributed by atoms with Gasteiger partial charge in [0.25, 0.3) is 0 Å². The molecule has 0 amide bonds. The van der Waals surface area contributed by atoms with E-state index in [1.165, 1.54) is 18.3 Å². The van der Waals surface area contributed by atoms with Gasteiger partial charge in [0.15, 0.2) is 15.4 Å². The fourth-order valence-electron chi connectivity index (χ4n) is 2.79. The third-order valence-corrected chi connectivity index (χ3v) is 7.73. The Morgan fingerprint density at radius 3 is 2.20 bits per heavy atom. The molecule has 2 N–H and O–H groups in total. The third kappa shape index (κ3) is 5.28. The highest BCUT2D eigenvalue weighted by atomic mass is 35.5. The molecular weight excluding hydrogens is 448 g/mol. The van der Waals surface area contributed by atoms with Crippen LogP contribution in [0.15, 0.2) is 63.4 Å². The first-order valence-electron chi connectivity index (χ1n) is 8.84. The van der Waals surface area contributed by atoms with Crippen LogP contribution < -0.4 is 0 Å². The Kier molecular flexibility index (Phi) is 6.66. The minimum atomic E-state index is -4.06. The number of sulfone groups is 1. The summed E-state index contributed by atoms with van der Waals surface area (Å²) in [5.41, 5.74) is -0.822. The Balaban J connectivity index is 1.76. The van der Waals surface area contributed by atoms with Crippen LogP contribution >= 0.6 is 23.4 Å². The summed E-state index contributed by atoms with van der Waals surface area (Å²) in [4.78, 5) is 19.7. The van der Waals surface area contributed by atoms with Crippen LogP contribution in [0.5, 0.6) is 0 Å². The molecule has 0 saturated carbocycles. The molecule has 1 heterocycles. The molecule has 3 rings (SSSR count). The van der Waals surface area contributed by atoms with Crippen LogP contribution in [0.25, 0.3) is 11.1 Å². The summed E-state index contributed by atoms with van der Waals surface area (Å²) >= 11 is 6.90. The normalized spacial score (nSPS) is 18.1. The number of aliphatic imine (C=N–C) groups is 2. The number of carbonyl (C=O) groups is 1. The van der Waals surface area contributed by atoms with Crippen molar-refractivity contribution in [2.24, 2.45) is 9.98 Å². The van der Waals surface area contributed by atoms with Crippen molar-refractivity contribution in [1.29, 1.82) is 0 Å². The standard InChI is InChI=1S/C20H19ClN2O5S2/c1-13-22-10-18(23-13)29-11-20(26,19(24)25)12-30(27,28)17-8-4-15(5-9-17)14-2-6-16(21)7-3-14/h2-10,18,26H,11-12H2,1H3,(H,24,25). The number of hydrogen-bond acceptors (Lipinski definition) is 7. The van der Waals surface area contributed by atoms with Crippen LogP contribution in [0, 0.1) is 0 Å². The van der Waals surface area contributed by atoms with E-state index >= 15 is 0 Å². The Bertz CT molecular complexity index is 1100. The number of amidine groups is 1. The van der Waals surface area contributed by atoms with E-state index in [1.54, 1.807) is 31.2 Å². The van der Waals surface area contributed by atoms with Crippen LogP contribution in [0.4, 0.5) is 0 Å². The smallest absolute Gasteiger partial charge is 0.337 e. The maximum Gasteiger partial charge on any atom is 0.337 e. The van der Waals surface area contributed by atoms with E-state index in [1.807, 2.05) is 12.1 Å². The second kappa shape index (κ2) is 8.89. The minimum absolute atomic E-state index is 0.0683. The number of carboxylic acids is 1. The highest BCUT2D eigenvalue weighted by Crippen LogP contribution is 2.27. The lowest BCUT2D eigenvalue weighted by Gasteiger charge is -2.23. The average Bonchev–Trinajstić information content (AvgIpc) is 3.12. The minimum Gasteiger partial charge on any atom is -0.479 e. The van der Waals surface area contributed by atoms with Gasteiger partial charge in [-0.15, -0.1) is 11.8 Å². The Labute approximate surface area is 183 Å². The molecule has 0 aliphatic carbocycles. The molecule has 30 heavy (non-hydrogen) atoms. The first-order valence-corrected chi connectivity index (χ1v) is 11.9. The summed E-state index contributed by atoms with van der Waals surface area (Å²) in [5.74, 6) is -2.36. The zero-order valence-electron chi connectivity index (χ0n) is 15.9. The number of aliphatic carboxylic acids is 1. The molecule has 2 unspecified atom stereocenters. The van der Waals surface area contributed by atoms with Crippen molar-refractivity contribution in [3.63, 3.8) is 0 Å². The second-order valence-electron chi connectivity index (χ2n) is 6.78. The highest BCUT2D eigenvalue weighted by Gasteiger charge is 2.42. The highest BCUT2D eigenvalue weighted by molar-refractivity contribution is 8.00. The molecule has 10 heteroatoms. The monoisotopic (exact) mass is 466 g/mol. The SMILES string of the molecule is CC1=NC(SCC(O)(CS(=O)(=O)c2ccc(-c3ccc(Cl)cc3)cc2)C(=O)O)C=N1. The fraction of sp³-hybridized carbons (Fsp3) is 0.250. The van der Waals surface area contributed by atoms with Gasteiger partial charge in [-0.05, 0) is 42.3 Å². The van der Waals surface area contributed by atoms with Crippen molar-refractivity contribution < 1.29 is 23.4 Å². The van der Waals surface area contributed by atoms with E-state index in [4.69, 9.17) is 11.6 Å². The number of rotatable bonds is 8. The molecule has 2 atom stereocenters. The van der Waals surface area contributed by atoms with Crippen molar-refractivity contribution in [2.45, 2.75) is 22.8 Å². The van der Waals surface area contributed by atoms with E-state index in [9.17, 15) is 23.4 Å². The van der Waals surface area contributed by atoms with Gasteiger partial charge in [0, 0.05) is 17.0 Å². The number of aliphatic hydroxyl groups is 1. The second-order valence-corrected chi connectivity index (χ2v) is 10.3. The largest absolute Gasteiger partial charge is 0.479 e. The third-order valence-electron chi connectivity index (χ3n) is 4.41. The van der Waals surface area contributed by atoms with Gasteiger partial charge in [-0.2, -0.15) is 0 Å². The molecule has 2 aromatic carbocycles. The predicted molar refractivity (Wildman–Crippen MR) is 119 cm³/mol. The van der Waals surface area contributed by atoms with E-state index in [0.717, 1.165) is 22.9 Å². The number of nitrogens with zero attached hydrogens (tertiary/aromatic N) is 2. The topological polar surface area (TPSA) is 116 Å². The van der Waals surface area contributed by atoms with Crippen molar-refractivity contribution in [3.05, 3.63) is 53.6 Å². The summed E-state index contributed by atoms with van der Waals surface area (Å²) in [6, 6.07) is 13.1. The van der Waals surface area contributed by atoms with Gasteiger partial charge in [0.05, 0.1) is 10.6 Å². The maximum atomic E-state index is 12.8. The molecule has 0 bridgehead atoms. The first-order chi connectivity index (χ1) is 14.1. The van der Waals surface area contributed by atoms with Gasteiger partial charge in [-0.1, -0.05) is 35.9 Å². The number of halogens is 1. The molecule has 0 saturated heterocycles. The average molecular weight is 467 g/mol. The first kappa shape index (κ1) is 22.5. The lowest BCUT2D eigenvalue weighted by Crippen LogP contribution is -2.47. The summed E-state index contributed by atoms with van der Waals surface area (Å²) < 4.78 is 25.6. The molecule has 158 valence electrons. The van der Waals surface area contributed by atoms with E-state index in [2.05, 4.69) is 9.98 Å². The molecule has 1 aliphatic rings. The summed E-state index contributed by atoms with van der Waals surface area (Å²) in [5, 5.41) is 20.2. The summed E-state index contributed by atoms with van der Waals surface area (Å²) in [6.45, 7) is 1.69. The summed E-state index contributed by atoms with van der Waals surface area (Å²) in [6.07, 6.45) is 1.52. The van der Waals surface area contributed by atoms with Gasteiger partial charge < -0.3 is 10.2 Å². The van der Waals surface area contributed by atoms with Gasteiger partial charge >= 0.3 is 5.97 Å². The van der Waals surface area contributed by atoms with E-state index in [-0.39, 0.29) is 10.6 Å². The predicted octanol–water partition coefficient (Wildman–Crippen LogP) is 3.16. The van der Waals surface area contributed by atoms with Gasteiger partial charge in [-0.3, -0.25) is 4.99 Å². The lowest BCUT2D eigenvalue weighted by atomic mass is 10.1. The molecule has 0 radical (unpaired) electrons. The Morgan fingerprint density at radius 2 is 1.70 bits per heavy atom. The zero-order chi connectivity index (χ0) is 21.9. The van der Waals surface area contributed by atoms with Gasteiger partial charge in [-0.25, -0.2) is 18.2 Å². The molecule has 7 nitrogen and oxygen atoms in total. The molecule has 0 aromatic heterocycles. The summed E-state index contributed by atoms with van der Waals surface area (Å²) in [7, 11) is -4.06. The van der Waals surface area contributed by atoms with E-state index < -0.39 is 32.5 Å². The van der Waals surface area contributed by atoms with Crippen molar-refractivity contribution in [1.82, 2.24) is 0 Å². The van der Waals surface area contributed by atoms with Crippen LogP contribution in [-0.2, 0) is 14.6 Å². The number of carboxylic acid groups (broad SMARTS) is 1. The fourth-order valence-corrected chi connectivity index (χ4v) is 5.66. The van der Waals surface area contributed by atoms with Crippen molar-refractivity contribution in [2.75, 3.05) is 11.5 Å². The van der Waals surface area contributed by atoms with Crippen molar-refractivity contribution >= 4 is 51.2 Å². The van der Waals surface area contributed by atoms with Crippen LogP contribution in [-0.4, -0.2) is 59.1 Å². The maximum absolute atomic E-state index is 12.8. The number of thioether (sulfide) groups is 1. The Morgan fingerprint density at radius 1 is 1.13 bits per heavy atom. The van der Waals surface area contributed by atoms with Gasteiger partial charge in [0.2, 0.25) is 0 Å². The van der Waals surface area contributed by atoms with Crippen LogP contribution in [0.3, 0.4) is 0 Å². The molecule has 0 spiro atoms. The lowest BCUT2D eigenvalue weighted by molar-refractivity contribution is -0.153. The zero-order valence-corrected chi connectivity index (χ0v) is 18.3. The number of hydrogen-bond donors (Lipinski definition) is 2. The van der Waals surface area contributed by atoms with Crippen LogP contribution in [0.2, 0.25) is 5.02 Å². The Hall–Kier alpha value is -2.20. The quantitative estimate of drug-likeness (QED) is 0.617. The van der Waals surface area contributed by atoms with Crippen LogP contribution in [0.1, 0.15) is 6.92 Å². The van der Waals surface area contributed by atoms with E-state index in [0.29, 0.717) is 10.9 Å². The molecule has 2 aromatic rings. The number of benzene rings is 2. The molecule has 0 fully saturated rings. The van der Waals surface area contributed by atoms with Gasteiger partial charge in [0.1, 0.15) is 11.2 Å². The molecule has 1 aliphatic heterocycles.